The molecule has 5 rings (SSSR count). The molecule has 1 spiro atoms. The minimum atomic E-state index is -0.494. The molecule has 0 bridgehead atoms. The van der Waals surface area contributed by atoms with Crippen LogP contribution in [-0.4, -0.2) is 23.3 Å². The van der Waals surface area contributed by atoms with Crippen LogP contribution in [0.3, 0.4) is 0 Å². The van der Waals surface area contributed by atoms with Gasteiger partial charge in [0, 0.05) is 22.9 Å². The van der Waals surface area contributed by atoms with E-state index in [9.17, 15) is 9.59 Å². The van der Waals surface area contributed by atoms with Crippen molar-refractivity contribution in [1.29, 1.82) is 0 Å². The summed E-state index contributed by atoms with van der Waals surface area (Å²) in [6.07, 6.45) is 6.77. The number of nitrogens with one attached hydrogen (secondary N) is 1. The highest BCUT2D eigenvalue weighted by Gasteiger charge is 2.70. The van der Waals surface area contributed by atoms with Crippen LogP contribution in [0.5, 0.6) is 5.75 Å². The fraction of sp³-hybridized carbons (Fsp3) is 0.636. The highest BCUT2D eigenvalue weighted by molar-refractivity contribution is 6.31. The molecule has 27 heavy (non-hydrogen) atoms. The van der Waals surface area contributed by atoms with Gasteiger partial charge in [0.1, 0.15) is 11.4 Å². The molecular formula is C22H26ClNO3. The number of ether oxygens (including phenoxy) is 1. The minimum absolute atomic E-state index is 0.0137. The van der Waals surface area contributed by atoms with Gasteiger partial charge in [-0.3, -0.25) is 9.59 Å². The van der Waals surface area contributed by atoms with Crippen LogP contribution < -0.4 is 10.1 Å². The summed E-state index contributed by atoms with van der Waals surface area (Å²) in [7, 11) is 0. The van der Waals surface area contributed by atoms with Gasteiger partial charge >= 0.3 is 0 Å². The molecule has 0 saturated heterocycles. The summed E-state index contributed by atoms with van der Waals surface area (Å²) in [5, 5.41) is 3.85. The second-order valence-electron chi connectivity index (χ2n) is 9.13. The SMILES string of the molecule is CC1CCC(NC(=O)C2C3CCC4(CC(=O)c5cc(Cl)ccc5O4)C32)CC1. The lowest BCUT2D eigenvalue weighted by Crippen LogP contribution is -2.45. The first-order valence-corrected chi connectivity index (χ1v) is 10.7. The third-order valence-corrected chi connectivity index (χ3v) is 7.59. The van der Waals surface area contributed by atoms with Crippen LogP contribution in [0, 0.1) is 23.7 Å². The maximum atomic E-state index is 12.9. The third kappa shape index (κ3) is 2.88. The molecule has 3 fully saturated rings. The van der Waals surface area contributed by atoms with Crippen LogP contribution >= 0.6 is 11.6 Å². The van der Waals surface area contributed by atoms with E-state index in [1.165, 1.54) is 12.8 Å². The fourth-order valence-electron chi connectivity index (χ4n) is 5.84. The Labute approximate surface area is 165 Å². The molecule has 3 aliphatic carbocycles. The second kappa shape index (κ2) is 6.23. The molecule has 1 aromatic carbocycles. The van der Waals surface area contributed by atoms with Gasteiger partial charge in [0.2, 0.25) is 5.91 Å². The standard InChI is InChI=1S/C22H26ClNO3/c1-12-2-5-14(6-3-12)24-21(26)19-15-8-9-22(20(15)19)11-17(25)16-10-13(23)4-7-18(16)27-22/h4,7,10,12,14-15,19-20H,2-3,5-6,8-9,11H2,1H3,(H,24,26). The normalized spacial score (nSPS) is 39.5. The quantitative estimate of drug-likeness (QED) is 0.818. The van der Waals surface area contributed by atoms with Crippen molar-refractivity contribution in [1.82, 2.24) is 5.32 Å². The van der Waals surface area contributed by atoms with Gasteiger partial charge in [-0.1, -0.05) is 18.5 Å². The zero-order valence-corrected chi connectivity index (χ0v) is 16.4. The molecule has 5 heteroatoms. The molecule has 0 aromatic heterocycles. The Morgan fingerprint density at radius 3 is 2.78 bits per heavy atom. The molecule has 3 saturated carbocycles. The molecule has 0 radical (unpaired) electrons. The fourth-order valence-corrected chi connectivity index (χ4v) is 6.02. The Balaban J connectivity index is 1.30. The highest BCUT2D eigenvalue weighted by atomic mass is 35.5. The van der Waals surface area contributed by atoms with Crippen molar-refractivity contribution in [3.63, 3.8) is 0 Å². The van der Waals surface area contributed by atoms with Crippen molar-refractivity contribution in [2.75, 3.05) is 0 Å². The highest BCUT2D eigenvalue weighted by Crippen LogP contribution is 2.65. The van der Waals surface area contributed by atoms with E-state index in [2.05, 4.69) is 12.2 Å². The van der Waals surface area contributed by atoms with Gasteiger partial charge in [-0.2, -0.15) is 0 Å². The lowest BCUT2D eigenvalue weighted by atomic mass is 9.84. The summed E-state index contributed by atoms with van der Waals surface area (Å²) in [5.74, 6) is 2.23. The van der Waals surface area contributed by atoms with Gasteiger partial charge in [0.05, 0.1) is 12.0 Å². The Morgan fingerprint density at radius 2 is 2.00 bits per heavy atom. The average molecular weight is 388 g/mol. The van der Waals surface area contributed by atoms with Crippen LogP contribution in [0.1, 0.15) is 62.2 Å². The second-order valence-corrected chi connectivity index (χ2v) is 9.56. The van der Waals surface area contributed by atoms with Crippen molar-refractivity contribution in [2.45, 2.75) is 63.5 Å². The number of rotatable bonds is 2. The number of fused-ring (bicyclic) bond motifs is 3. The number of halogens is 1. The summed E-state index contributed by atoms with van der Waals surface area (Å²) in [4.78, 5) is 25.6. The van der Waals surface area contributed by atoms with Crippen molar-refractivity contribution in [3.05, 3.63) is 28.8 Å². The van der Waals surface area contributed by atoms with Crippen molar-refractivity contribution in [3.8, 4) is 5.75 Å². The lowest BCUT2D eigenvalue weighted by molar-refractivity contribution is -0.125. The summed E-state index contributed by atoms with van der Waals surface area (Å²) in [5.41, 5.74) is 0.0839. The summed E-state index contributed by atoms with van der Waals surface area (Å²) in [6, 6.07) is 5.58. The van der Waals surface area contributed by atoms with Crippen LogP contribution in [0.4, 0.5) is 0 Å². The molecule has 1 amide bonds. The molecule has 4 atom stereocenters. The van der Waals surface area contributed by atoms with E-state index >= 15 is 0 Å². The molecule has 4 unspecified atom stereocenters. The molecule has 1 aliphatic heterocycles. The number of carbonyl (C=O) groups excluding carboxylic acids is 2. The maximum Gasteiger partial charge on any atom is 0.224 e. The Morgan fingerprint density at radius 1 is 1.22 bits per heavy atom. The summed E-state index contributed by atoms with van der Waals surface area (Å²) >= 11 is 6.04. The van der Waals surface area contributed by atoms with Gasteiger partial charge in [-0.15, -0.1) is 0 Å². The number of hydrogen-bond acceptors (Lipinski definition) is 3. The van der Waals surface area contributed by atoms with Gasteiger partial charge in [-0.05, 0) is 68.6 Å². The zero-order valence-electron chi connectivity index (χ0n) is 15.7. The van der Waals surface area contributed by atoms with Crippen LogP contribution in [0.15, 0.2) is 18.2 Å². The van der Waals surface area contributed by atoms with E-state index in [0.29, 0.717) is 34.7 Å². The predicted molar refractivity (Wildman–Crippen MR) is 103 cm³/mol. The Hall–Kier alpha value is -1.55. The topological polar surface area (TPSA) is 55.4 Å². The maximum absolute atomic E-state index is 12.9. The third-order valence-electron chi connectivity index (χ3n) is 7.36. The van der Waals surface area contributed by atoms with Crippen molar-refractivity contribution < 1.29 is 14.3 Å². The number of Topliss-reactive ketones (excluding diaryl/α,β-unsaturated/α-hetero) is 1. The first kappa shape index (κ1) is 17.5. The molecule has 144 valence electrons. The number of ketones is 1. The molecular weight excluding hydrogens is 362 g/mol. The first-order valence-electron chi connectivity index (χ1n) is 10.3. The number of amides is 1. The van der Waals surface area contributed by atoms with Gasteiger partial charge in [0.25, 0.3) is 0 Å². The van der Waals surface area contributed by atoms with E-state index in [0.717, 1.165) is 31.6 Å². The average Bonchev–Trinajstić information content (AvgIpc) is 3.29. The van der Waals surface area contributed by atoms with E-state index in [-0.39, 0.29) is 23.5 Å². The predicted octanol–water partition coefficient (Wildman–Crippen LogP) is 4.39. The van der Waals surface area contributed by atoms with E-state index in [1.54, 1.807) is 18.2 Å². The van der Waals surface area contributed by atoms with Gasteiger partial charge in [0.15, 0.2) is 5.78 Å². The number of carbonyl (C=O) groups is 2. The van der Waals surface area contributed by atoms with Crippen molar-refractivity contribution >= 4 is 23.3 Å². The van der Waals surface area contributed by atoms with E-state index < -0.39 is 5.60 Å². The smallest absolute Gasteiger partial charge is 0.224 e. The number of hydrogen-bond donors (Lipinski definition) is 1. The van der Waals surface area contributed by atoms with E-state index in [4.69, 9.17) is 16.3 Å². The van der Waals surface area contributed by atoms with Crippen molar-refractivity contribution in [2.24, 2.45) is 23.7 Å². The van der Waals surface area contributed by atoms with Crippen LogP contribution in [-0.2, 0) is 4.79 Å². The monoisotopic (exact) mass is 387 g/mol. The van der Waals surface area contributed by atoms with E-state index in [1.807, 2.05) is 0 Å². The van der Waals surface area contributed by atoms with Crippen LogP contribution in [0.25, 0.3) is 0 Å². The van der Waals surface area contributed by atoms with Crippen LogP contribution in [0.2, 0.25) is 5.02 Å². The molecule has 4 nitrogen and oxygen atoms in total. The molecule has 1 N–H and O–H groups in total. The molecule has 1 aromatic rings. The zero-order chi connectivity index (χ0) is 18.8. The Kier molecular flexibility index (Phi) is 4.05. The minimum Gasteiger partial charge on any atom is -0.486 e. The number of benzene rings is 1. The van der Waals surface area contributed by atoms with Gasteiger partial charge < -0.3 is 10.1 Å². The molecule has 1 heterocycles. The lowest BCUT2D eigenvalue weighted by Gasteiger charge is -2.37. The Bertz CT molecular complexity index is 801. The largest absolute Gasteiger partial charge is 0.486 e. The van der Waals surface area contributed by atoms with Gasteiger partial charge in [-0.25, -0.2) is 0 Å². The summed E-state index contributed by atoms with van der Waals surface area (Å²) < 4.78 is 6.38. The molecule has 4 aliphatic rings. The summed E-state index contributed by atoms with van der Waals surface area (Å²) in [6.45, 7) is 2.29. The first-order chi connectivity index (χ1) is 13.0.